The molecule has 8 nitrogen and oxygen atoms in total. The second kappa shape index (κ2) is 10.8. The van der Waals surface area contributed by atoms with E-state index >= 15 is 0 Å². The van der Waals surface area contributed by atoms with Gasteiger partial charge in [-0.2, -0.15) is 0 Å². The molecule has 11 heteroatoms. The highest BCUT2D eigenvalue weighted by atomic mass is 32.2. The number of rotatable bonds is 8. The molecule has 32 heavy (non-hydrogen) atoms. The van der Waals surface area contributed by atoms with Crippen molar-refractivity contribution >= 4 is 21.7 Å². The minimum Gasteiger partial charge on any atom is -0.394 e. The van der Waals surface area contributed by atoms with Gasteiger partial charge >= 0.3 is 6.03 Å². The molecule has 3 rings (SSSR count). The monoisotopic (exact) mass is 469 g/mol. The average molecular weight is 470 g/mol. The molecule has 3 atom stereocenters. The molecule has 1 aliphatic rings. The first-order valence-electron chi connectivity index (χ1n) is 10.1. The van der Waals surface area contributed by atoms with Crippen molar-refractivity contribution in [3.8, 4) is 0 Å². The lowest BCUT2D eigenvalue weighted by Gasteiger charge is -2.36. The van der Waals surface area contributed by atoms with E-state index in [2.05, 4.69) is 15.4 Å². The summed E-state index contributed by atoms with van der Waals surface area (Å²) < 4.78 is 59.4. The maximum atomic E-state index is 13.7. The van der Waals surface area contributed by atoms with Gasteiger partial charge in [0.1, 0.15) is 17.7 Å². The van der Waals surface area contributed by atoms with Crippen molar-refractivity contribution in [3.63, 3.8) is 0 Å². The molecular weight excluding hydrogens is 444 g/mol. The highest BCUT2D eigenvalue weighted by Gasteiger charge is 2.32. The van der Waals surface area contributed by atoms with E-state index in [4.69, 9.17) is 4.74 Å². The number of carbonyl (C=O) groups is 1. The van der Waals surface area contributed by atoms with Crippen molar-refractivity contribution in [1.29, 1.82) is 0 Å². The zero-order chi connectivity index (χ0) is 23.1. The van der Waals surface area contributed by atoms with Crippen LogP contribution in [-0.2, 0) is 14.8 Å². The molecule has 0 radical (unpaired) electrons. The van der Waals surface area contributed by atoms with Crippen LogP contribution in [0, 0.1) is 11.6 Å². The Balaban J connectivity index is 1.47. The van der Waals surface area contributed by atoms with Crippen LogP contribution in [0.15, 0.2) is 53.4 Å². The smallest absolute Gasteiger partial charge is 0.319 e. The molecule has 4 N–H and O–H groups in total. The van der Waals surface area contributed by atoms with Gasteiger partial charge in [0.25, 0.3) is 0 Å². The Morgan fingerprint density at radius 2 is 1.81 bits per heavy atom. The van der Waals surface area contributed by atoms with E-state index < -0.39 is 39.8 Å². The van der Waals surface area contributed by atoms with Crippen LogP contribution in [0.2, 0.25) is 0 Å². The SMILES string of the molecule is O=C(Nc1ccccc1F)N[C@H]1CC[C@@H](CCNS(=O)(=O)c2ccc(F)cc2)O[C@@H]1CO. The Labute approximate surface area is 185 Å². The number of anilines is 1. The van der Waals surface area contributed by atoms with E-state index in [1.165, 1.54) is 30.3 Å². The van der Waals surface area contributed by atoms with E-state index in [0.29, 0.717) is 19.3 Å². The van der Waals surface area contributed by atoms with E-state index in [1.54, 1.807) is 6.07 Å². The van der Waals surface area contributed by atoms with Gasteiger partial charge in [0.15, 0.2) is 0 Å². The third-order valence-electron chi connectivity index (χ3n) is 5.12. The number of carbonyl (C=O) groups excluding carboxylic acids is 1. The first-order valence-corrected chi connectivity index (χ1v) is 11.6. The first-order chi connectivity index (χ1) is 15.3. The molecule has 1 saturated heterocycles. The van der Waals surface area contributed by atoms with Crippen LogP contribution in [0.4, 0.5) is 19.3 Å². The number of ether oxygens (including phenoxy) is 1. The van der Waals surface area contributed by atoms with Gasteiger partial charge < -0.3 is 20.5 Å². The molecule has 0 unspecified atom stereocenters. The van der Waals surface area contributed by atoms with E-state index in [-0.39, 0.29) is 29.8 Å². The van der Waals surface area contributed by atoms with Crippen LogP contribution in [0.5, 0.6) is 0 Å². The summed E-state index contributed by atoms with van der Waals surface area (Å²) in [5.74, 6) is -1.09. The molecular formula is C21H25F2N3O5S. The number of nitrogens with one attached hydrogen (secondary N) is 3. The van der Waals surface area contributed by atoms with Gasteiger partial charge in [0.2, 0.25) is 10.0 Å². The molecule has 1 fully saturated rings. The van der Waals surface area contributed by atoms with Gasteiger partial charge in [-0.15, -0.1) is 0 Å². The van der Waals surface area contributed by atoms with E-state index in [0.717, 1.165) is 12.1 Å². The zero-order valence-corrected chi connectivity index (χ0v) is 17.9. The largest absolute Gasteiger partial charge is 0.394 e. The zero-order valence-electron chi connectivity index (χ0n) is 17.1. The average Bonchev–Trinajstić information content (AvgIpc) is 2.76. The van der Waals surface area contributed by atoms with Gasteiger partial charge in [-0.25, -0.2) is 26.7 Å². The highest BCUT2D eigenvalue weighted by molar-refractivity contribution is 7.89. The quantitative estimate of drug-likeness (QED) is 0.474. The second-order valence-electron chi connectivity index (χ2n) is 7.38. The third kappa shape index (κ3) is 6.45. The molecule has 2 aromatic carbocycles. The van der Waals surface area contributed by atoms with Gasteiger partial charge in [-0.05, 0) is 55.7 Å². The summed E-state index contributed by atoms with van der Waals surface area (Å²) in [6, 6.07) is 9.15. The number of benzene rings is 2. The second-order valence-corrected chi connectivity index (χ2v) is 9.15. The lowest BCUT2D eigenvalue weighted by atomic mass is 9.97. The minimum atomic E-state index is -3.77. The molecule has 2 aromatic rings. The molecule has 174 valence electrons. The summed E-state index contributed by atoms with van der Waals surface area (Å²) >= 11 is 0. The fourth-order valence-electron chi connectivity index (χ4n) is 3.45. The van der Waals surface area contributed by atoms with Crippen LogP contribution in [0.3, 0.4) is 0 Å². The van der Waals surface area contributed by atoms with Crippen molar-refractivity contribution in [2.45, 2.75) is 42.4 Å². The summed E-state index contributed by atoms with van der Waals surface area (Å²) in [5, 5.41) is 14.8. The predicted octanol–water partition coefficient (Wildman–Crippen LogP) is 2.36. The van der Waals surface area contributed by atoms with Crippen LogP contribution in [0.25, 0.3) is 0 Å². The Morgan fingerprint density at radius 1 is 1.09 bits per heavy atom. The number of sulfonamides is 1. The number of halogens is 2. The molecule has 2 amide bonds. The van der Waals surface area contributed by atoms with Crippen molar-refractivity contribution < 1.29 is 31.8 Å². The number of urea groups is 1. The number of amides is 2. The molecule has 1 heterocycles. The fraction of sp³-hybridized carbons (Fsp3) is 0.381. The van der Waals surface area contributed by atoms with Gasteiger partial charge in [-0.3, -0.25) is 0 Å². The summed E-state index contributed by atoms with van der Waals surface area (Å²) in [7, 11) is -3.77. The summed E-state index contributed by atoms with van der Waals surface area (Å²) in [6.45, 7) is -0.253. The van der Waals surface area contributed by atoms with Gasteiger partial charge in [0, 0.05) is 6.54 Å². The Kier molecular flexibility index (Phi) is 8.13. The predicted molar refractivity (Wildman–Crippen MR) is 114 cm³/mol. The maximum absolute atomic E-state index is 13.7. The Morgan fingerprint density at radius 3 is 2.50 bits per heavy atom. The van der Waals surface area contributed by atoms with Crippen molar-refractivity contribution in [2.24, 2.45) is 0 Å². The van der Waals surface area contributed by atoms with Crippen LogP contribution < -0.4 is 15.4 Å². The first kappa shape index (κ1) is 24.1. The Hall–Kier alpha value is -2.60. The number of para-hydroxylation sites is 1. The van der Waals surface area contributed by atoms with E-state index in [9.17, 15) is 27.1 Å². The molecule has 0 aromatic heterocycles. The van der Waals surface area contributed by atoms with Crippen LogP contribution in [0.1, 0.15) is 19.3 Å². The summed E-state index contributed by atoms with van der Waals surface area (Å²) in [4.78, 5) is 12.1. The van der Waals surface area contributed by atoms with Crippen LogP contribution in [-0.4, -0.2) is 51.0 Å². The fourth-order valence-corrected chi connectivity index (χ4v) is 4.50. The lowest BCUT2D eigenvalue weighted by molar-refractivity contribution is -0.0884. The number of hydrogen-bond donors (Lipinski definition) is 4. The summed E-state index contributed by atoms with van der Waals surface area (Å²) in [5.41, 5.74) is 0.0357. The van der Waals surface area contributed by atoms with Crippen molar-refractivity contribution in [1.82, 2.24) is 10.0 Å². The minimum absolute atomic E-state index is 0.0357. The topological polar surface area (TPSA) is 117 Å². The molecule has 1 aliphatic heterocycles. The molecule has 0 bridgehead atoms. The van der Waals surface area contributed by atoms with Crippen LogP contribution >= 0.6 is 0 Å². The summed E-state index contributed by atoms with van der Waals surface area (Å²) in [6.07, 6.45) is 0.361. The van der Waals surface area contributed by atoms with Gasteiger partial charge in [0.05, 0.1) is 29.3 Å². The van der Waals surface area contributed by atoms with Crippen molar-refractivity contribution in [2.75, 3.05) is 18.5 Å². The number of aliphatic hydroxyl groups is 1. The molecule has 0 aliphatic carbocycles. The normalized spacial score (nSPS) is 21.2. The Bertz CT molecular complexity index is 1020. The highest BCUT2D eigenvalue weighted by Crippen LogP contribution is 2.22. The van der Waals surface area contributed by atoms with Crippen molar-refractivity contribution in [3.05, 3.63) is 60.2 Å². The molecule has 0 saturated carbocycles. The maximum Gasteiger partial charge on any atom is 0.319 e. The van der Waals surface area contributed by atoms with E-state index in [1.807, 2.05) is 0 Å². The van der Waals surface area contributed by atoms with Gasteiger partial charge in [-0.1, -0.05) is 12.1 Å². The molecule has 0 spiro atoms. The standard InChI is InChI=1S/C21H25F2N3O5S/c22-14-5-8-16(9-6-14)32(29,30)24-12-11-15-7-10-19(20(13-27)31-15)26-21(28)25-18-4-2-1-3-17(18)23/h1-6,8-9,15,19-20,24,27H,7,10-13H2,(H2,25,26,28)/t15-,19-,20+/m0/s1. The number of hydrogen-bond acceptors (Lipinski definition) is 5. The number of aliphatic hydroxyl groups excluding tert-OH is 1. The third-order valence-corrected chi connectivity index (χ3v) is 6.59. The lowest BCUT2D eigenvalue weighted by Crippen LogP contribution is -2.52.